The van der Waals surface area contributed by atoms with E-state index < -0.39 is 5.25 Å². The van der Waals surface area contributed by atoms with Crippen molar-refractivity contribution >= 4 is 40.3 Å². The Morgan fingerprint density at radius 3 is 2.34 bits per heavy atom. The molecule has 3 saturated heterocycles. The van der Waals surface area contributed by atoms with Crippen LogP contribution in [0.3, 0.4) is 0 Å². The lowest BCUT2D eigenvalue weighted by Gasteiger charge is -2.37. The van der Waals surface area contributed by atoms with Gasteiger partial charge in [-0.3, -0.25) is 14.2 Å². The lowest BCUT2D eigenvalue weighted by Crippen LogP contribution is -2.45. The number of benzene rings is 2. The number of imidazole rings is 1. The molecule has 6 rings (SSSR count). The molecule has 0 bridgehead atoms. The zero-order valence-corrected chi connectivity index (χ0v) is 27.3. The molecular formula is C34H46N6O3S. The number of aromatic amines is 1. The molecule has 0 aliphatic carbocycles. The van der Waals surface area contributed by atoms with Crippen LogP contribution in [-0.4, -0.2) is 94.2 Å². The van der Waals surface area contributed by atoms with Gasteiger partial charge >= 0.3 is 5.69 Å². The van der Waals surface area contributed by atoms with E-state index >= 15 is 0 Å². The highest BCUT2D eigenvalue weighted by Crippen LogP contribution is 2.48. The largest absolute Gasteiger partial charge is 0.369 e. The zero-order valence-electron chi connectivity index (χ0n) is 26.5. The number of rotatable bonds is 7. The number of amides is 2. The van der Waals surface area contributed by atoms with Crippen molar-refractivity contribution in [1.29, 1.82) is 0 Å². The maximum Gasteiger partial charge on any atom is 0.326 e. The van der Waals surface area contributed by atoms with Crippen LogP contribution in [0.5, 0.6) is 0 Å². The fourth-order valence-corrected chi connectivity index (χ4v) is 8.28. The van der Waals surface area contributed by atoms with E-state index in [4.69, 9.17) is 0 Å². The maximum absolute atomic E-state index is 14.0. The van der Waals surface area contributed by atoms with Crippen LogP contribution < -0.4 is 10.6 Å². The lowest BCUT2D eigenvalue weighted by atomic mass is 9.92. The standard InChI is InChI=1S/C34H46N6O3S/c1-34(2,3)15-18-39-31(42)29(44-32(39)25-9-5-7-11-27(25)37-21-19-36(4)20-22-37)23-30(41)38-16-13-24(14-17-38)40-28-12-8-6-10-26(28)35-33(40)43/h5-12,24,29,32H,13-23H2,1-4H3,(H,35,43)/t29?,32-/m1/s1. The second-order valence-corrected chi connectivity index (χ2v) is 15.1. The molecule has 1 N–H and O–H groups in total. The Morgan fingerprint density at radius 1 is 0.932 bits per heavy atom. The van der Waals surface area contributed by atoms with Gasteiger partial charge in [-0.2, -0.15) is 0 Å². The first kappa shape index (κ1) is 30.8. The summed E-state index contributed by atoms with van der Waals surface area (Å²) in [5.41, 5.74) is 4.12. The van der Waals surface area contributed by atoms with Crippen LogP contribution in [0.25, 0.3) is 11.0 Å². The number of thioether (sulfide) groups is 1. The van der Waals surface area contributed by atoms with Crippen LogP contribution in [-0.2, 0) is 9.59 Å². The second-order valence-electron chi connectivity index (χ2n) is 13.8. The number of H-pyrrole nitrogens is 1. The number of aromatic nitrogens is 2. The average Bonchev–Trinajstić information content (AvgIpc) is 3.51. The molecule has 1 unspecified atom stereocenters. The van der Waals surface area contributed by atoms with Crippen molar-refractivity contribution in [1.82, 2.24) is 24.3 Å². The number of anilines is 1. The molecule has 0 spiro atoms. The van der Waals surface area contributed by atoms with Gasteiger partial charge in [-0.25, -0.2) is 4.79 Å². The van der Waals surface area contributed by atoms with E-state index in [9.17, 15) is 14.4 Å². The number of likely N-dealkylation sites (tertiary alicyclic amines) is 1. The average molecular weight is 619 g/mol. The Labute approximate surface area is 264 Å². The number of carbonyl (C=O) groups excluding carboxylic acids is 2. The van der Waals surface area contributed by atoms with E-state index in [1.807, 2.05) is 38.6 Å². The number of para-hydroxylation sites is 3. The van der Waals surface area contributed by atoms with E-state index in [-0.39, 0.29) is 40.8 Å². The zero-order chi connectivity index (χ0) is 31.0. The minimum Gasteiger partial charge on any atom is -0.369 e. The number of nitrogens with one attached hydrogen (secondary N) is 1. The lowest BCUT2D eigenvalue weighted by molar-refractivity contribution is -0.136. The summed E-state index contributed by atoms with van der Waals surface area (Å²) in [5.74, 6) is 0.107. The van der Waals surface area contributed by atoms with Crippen LogP contribution >= 0.6 is 11.8 Å². The molecule has 10 heteroatoms. The van der Waals surface area contributed by atoms with Crippen molar-refractivity contribution in [3.8, 4) is 0 Å². The van der Waals surface area contributed by atoms with Crippen LogP contribution in [0, 0.1) is 5.41 Å². The summed E-state index contributed by atoms with van der Waals surface area (Å²) in [5, 5.41) is -0.514. The molecule has 3 aliphatic heterocycles. The molecule has 236 valence electrons. The highest BCUT2D eigenvalue weighted by atomic mass is 32.2. The predicted molar refractivity (Wildman–Crippen MR) is 178 cm³/mol. The number of nitrogens with zero attached hydrogens (tertiary/aromatic N) is 5. The first-order chi connectivity index (χ1) is 21.1. The SMILES string of the molecule is CN1CCN(c2ccccc2[C@H]2SC(CC(=O)N3CCC(n4c(=O)[nH]c5ccccc54)CC3)C(=O)N2CCC(C)(C)C)CC1. The fourth-order valence-electron chi connectivity index (χ4n) is 6.78. The van der Waals surface area contributed by atoms with Gasteiger partial charge in [0.05, 0.1) is 16.3 Å². The highest BCUT2D eigenvalue weighted by Gasteiger charge is 2.44. The molecule has 2 amide bonds. The Morgan fingerprint density at radius 2 is 1.61 bits per heavy atom. The third kappa shape index (κ3) is 6.42. The molecule has 2 aromatic carbocycles. The molecule has 0 saturated carbocycles. The van der Waals surface area contributed by atoms with Gasteiger partial charge in [0.25, 0.3) is 0 Å². The van der Waals surface area contributed by atoms with E-state index in [1.165, 1.54) is 11.3 Å². The van der Waals surface area contributed by atoms with Crippen molar-refractivity contribution in [3.05, 3.63) is 64.6 Å². The Bertz CT molecular complexity index is 1540. The van der Waals surface area contributed by atoms with Gasteiger partial charge in [-0.15, -0.1) is 11.8 Å². The van der Waals surface area contributed by atoms with Gasteiger partial charge in [0, 0.05) is 69.5 Å². The molecule has 3 fully saturated rings. The van der Waals surface area contributed by atoms with Gasteiger partial charge in [0.15, 0.2) is 0 Å². The number of carbonyl (C=O) groups is 2. The van der Waals surface area contributed by atoms with E-state index in [0.717, 1.165) is 56.5 Å². The van der Waals surface area contributed by atoms with E-state index in [1.54, 1.807) is 11.8 Å². The van der Waals surface area contributed by atoms with Gasteiger partial charge in [-0.1, -0.05) is 51.1 Å². The van der Waals surface area contributed by atoms with Gasteiger partial charge in [0.1, 0.15) is 5.37 Å². The first-order valence-electron chi connectivity index (χ1n) is 16.0. The fraction of sp³-hybridized carbons (Fsp3) is 0.559. The topological polar surface area (TPSA) is 84.9 Å². The molecule has 3 aromatic rings. The van der Waals surface area contributed by atoms with Crippen molar-refractivity contribution in [2.24, 2.45) is 5.41 Å². The summed E-state index contributed by atoms with van der Waals surface area (Å²) >= 11 is 1.65. The van der Waals surface area contributed by atoms with Gasteiger partial charge < -0.3 is 24.6 Å². The van der Waals surface area contributed by atoms with Crippen LogP contribution in [0.1, 0.15) is 63.4 Å². The third-order valence-electron chi connectivity index (χ3n) is 9.45. The molecular weight excluding hydrogens is 572 g/mol. The number of fused-ring (bicyclic) bond motifs is 1. The Hall–Kier alpha value is -3.24. The summed E-state index contributed by atoms with van der Waals surface area (Å²) in [6, 6.07) is 16.3. The number of hydrogen-bond acceptors (Lipinski definition) is 6. The highest BCUT2D eigenvalue weighted by molar-refractivity contribution is 8.01. The Balaban J connectivity index is 1.16. The Kier molecular flexibility index (Phi) is 8.84. The smallest absolute Gasteiger partial charge is 0.326 e. The maximum atomic E-state index is 14.0. The van der Waals surface area contributed by atoms with Crippen LogP contribution in [0.4, 0.5) is 5.69 Å². The summed E-state index contributed by atoms with van der Waals surface area (Å²) in [6.07, 6.45) is 2.55. The molecule has 2 atom stereocenters. The number of hydrogen-bond donors (Lipinski definition) is 1. The minimum atomic E-state index is -0.401. The molecule has 9 nitrogen and oxygen atoms in total. The van der Waals surface area contributed by atoms with Crippen molar-refractivity contribution in [2.45, 2.75) is 63.1 Å². The summed E-state index contributed by atoms with van der Waals surface area (Å²) < 4.78 is 1.85. The minimum absolute atomic E-state index is 0.0318. The second kappa shape index (κ2) is 12.6. The molecule has 44 heavy (non-hydrogen) atoms. The first-order valence-corrected chi connectivity index (χ1v) is 17.0. The normalized spacial score (nSPS) is 22.4. The van der Waals surface area contributed by atoms with E-state index in [0.29, 0.717) is 19.6 Å². The third-order valence-corrected chi connectivity index (χ3v) is 10.9. The van der Waals surface area contributed by atoms with Crippen LogP contribution in [0.2, 0.25) is 0 Å². The number of piperazine rings is 1. The molecule has 1 aromatic heterocycles. The molecule has 0 radical (unpaired) electrons. The summed E-state index contributed by atoms with van der Waals surface area (Å²) in [4.78, 5) is 52.1. The van der Waals surface area contributed by atoms with Gasteiger partial charge in [-0.05, 0) is 49.9 Å². The van der Waals surface area contributed by atoms with Crippen LogP contribution in [0.15, 0.2) is 53.3 Å². The quantitative estimate of drug-likeness (QED) is 0.413. The predicted octanol–water partition coefficient (Wildman–Crippen LogP) is 4.71. The number of piperidine rings is 1. The monoisotopic (exact) mass is 618 g/mol. The molecule has 4 heterocycles. The van der Waals surface area contributed by atoms with Gasteiger partial charge in [0.2, 0.25) is 11.8 Å². The molecule has 3 aliphatic rings. The summed E-state index contributed by atoms with van der Waals surface area (Å²) in [6.45, 7) is 12.4. The van der Waals surface area contributed by atoms with Crippen molar-refractivity contribution in [3.63, 3.8) is 0 Å². The van der Waals surface area contributed by atoms with E-state index in [2.05, 4.69) is 66.9 Å². The summed E-state index contributed by atoms with van der Waals surface area (Å²) in [7, 11) is 2.16. The van der Waals surface area contributed by atoms with Crippen molar-refractivity contribution < 1.29 is 9.59 Å². The van der Waals surface area contributed by atoms with Crippen molar-refractivity contribution in [2.75, 3.05) is 57.8 Å². The number of likely N-dealkylation sites (N-methyl/N-ethyl adjacent to an activating group) is 1.